The lowest BCUT2D eigenvalue weighted by atomic mass is 10.2. The molecule has 0 aromatic heterocycles. The third kappa shape index (κ3) is 2.62. The number of rotatable bonds is 4. The van der Waals surface area contributed by atoms with Crippen molar-refractivity contribution in [3.8, 4) is 0 Å². The number of hydrogen-bond donors (Lipinski definition) is 1. The second kappa shape index (κ2) is 4.17. The Morgan fingerprint density at radius 1 is 1.39 bits per heavy atom. The minimum absolute atomic E-state index is 0.0107. The number of Topliss-reactive ketones (excluding diaryl/α,β-unsaturated/α-hetero) is 1. The van der Waals surface area contributed by atoms with Crippen molar-refractivity contribution in [3.05, 3.63) is 29.8 Å². The molecule has 0 heterocycles. The number of benzene rings is 1. The Balaban J connectivity index is 2.25. The minimum atomic E-state index is -3.53. The zero-order valence-corrected chi connectivity index (χ0v) is 11.5. The molecule has 0 bridgehead atoms. The molecule has 1 aliphatic rings. The van der Waals surface area contributed by atoms with Crippen LogP contribution >= 0.6 is 0 Å². The largest absolute Gasteiger partial charge is 0.295 e. The average Bonchev–Trinajstić information content (AvgIpc) is 2.85. The molecule has 5 heteroatoms. The first-order valence-electron chi connectivity index (χ1n) is 5.86. The molecule has 1 aromatic rings. The number of carbonyl (C=O) groups is 1. The zero-order valence-electron chi connectivity index (χ0n) is 10.7. The van der Waals surface area contributed by atoms with Gasteiger partial charge in [-0.05, 0) is 30.9 Å². The van der Waals surface area contributed by atoms with E-state index in [0.29, 0.717) is 5.56 Å². The molecule has 0 spiro atoms. The smallest absolute Gasteiger partial charge is 0.240 e. The van der Waals surface area contributed by atoms with Crippen molar-refractivity contribution < 1.29 is 13.2 Å². The van der Waals surface area contributed by atoms with E-state index in [1.165, 1.54) is 19.1 Å². The van der Waals surface area contributed by atoms with Crippen molar-refractivity contribution in [1.29, 1.82) is 0 Å². The predicted molar refractivity (Wildman–Crippen MR) is 69.0 cm³/mol. The molecule has 1 aliphatic carbocycles. The van der Waals surface area contributed by atoms with E-state index >= 15 is 0 Å². The molecule has 2 rings (SSSR count). The van der Waals surface area contributed by atoms with Crippen LogP contribution in [0.15, 0.2) is 29.2 Å². The topological polar surface area (TPSA) is 63.2 Å². The van der Waals surface area contributed by atoms with Gasteiger partial charge in [-0.15, -0.1) is 0 Å². The van der Waals surface area contributed by atoms with Crippen LogP contribution in [0.25, 0.3) is 0 Å². The van der Waals surface area contributed by atoms with Gasteiger partial charge in [0.2, 0.25) is 10.0 Å². The molecular weight excluding hydrogens is 250 g/mol. The summed E-state index contributed by atoms with van der Waals surface area (Å²) in [6.07, 6.45) is 0.846. The Hall–Kier alpha value is -1.20. The van der Waals surface area contributed by atoms with Gasteiger partial charge >= 0.3 is 0 Å². The van der Waals surface area contributed by atoms with Crippen molar-refractivity contribution in [2.45, 2.75) is 38.1 Å². The van der Waals surface area contributed by atoms with Crippen molar-refractivity contribution in [3.63, 3.8) is 0 Å². The fraction of sp³-hybridized carbons (Fsp3) is 0.462. The Bertz CT molecular complexity index is 590. The lowest BCUT2D eigenvalue weighted by Crippen LogP contribution is -2.28. The summed E-state index contributed by atoms with van der Waals surface area (Å²) in [5.74, 6) is -0.140. The predicted octanol–water partition coefficient (Wildman–Crippen LogP) is 1.97. The summed E-state index contributed by atoms with van der Waals surface area (Å²) in [5, 5.41) is 0. The molecule has 1 fully saturated rings. The summed E-state index contributed by atoms with van der Waals surface area (Å²) in [7, 11) is -3.53. The molecule has 0 amide bonds. The van der Waals surface area contributed by atoms with Crippen LogP contribution in [0.5, 0.6) is 0 Å². The van der Waals surface area contributed by atoms with Crippen LogP contribution in [-0.2, 0) is 10.0 Å². The van der Waals surface area contributed by atoms with Crippen LogP contribution in [0.2, 0.25) is 0 Å². The van der Waals surface area contributed by atoms with E-state index < -0.39 is 10.0 Å². The summed E-state index contributed by atoms with van der Waals surface area (Å²) in [6.45, 7) is 5.46. The zero-order chi connectivity index (χ0) is 13.6. The van der Waals surface area contributed by atoms with Crippen LogP contribution in [0.1, 0.15) is 37.6 Å². The maximum atomic E-state index is 12.1. The second-order valence-corrected chi connectivity index (χ2v) is 7.16. The Morgan fingerprint density at radius 2 is 2.00 bits per heavy atom. The van der Waals surface area contributed by atoms with E-state index in [-0.39, 0.29) is 22.1 Å². The van der Waals surface area contributed by atoms with Crippen LogP contribution in [0.3, 0.4) is 0 Å². The standard InChI is InChI=1S/C13H17NO3S/c1-9(15)10-5-4-6-11(7-10)18(16,17)14-12-8-13(12,2)3/h4-7,12,14H,8H2,1-3H3. The van der Waals surface area contributed by atoms with Gasteiger partial charge in [-0.1, -0.05) is 26.0 Å². The lowest BCUT2D eigenvalue weighted by molar-refractivity contribution is 0.101. The number of carbonyl (C=O) groups excluding carboxylic acids is 1. The van der Waals surface area contributed by atoms with Gasteiger partial charge < -0.3 is 0 Å². The van der Waals surface area contributed by atoms with Gasteiger partial charge in [0.05, 0.1) is 4.90 Å². The van der Waals surface area contributed by atoms with E-state index in [0.717, 1.165) is 6.42 Å². The third-order valence-electron chi connectivity index (χ3n) is 3.36. The van der Waals surface area contributed by atoms with Gasteiger partial charge in [0.15, 0.2) is 5.78 Å². The SMILES string of the molecule is CC(=O)c1cccc(S(=O)(=O)NC2CC2(C)C)c1. The highest BCUT2D eigenvalue weighted by molar-refractivity contribution is 7.89. The van der Waals surface area contributed by atoms with Crippen molar-refractivity contribution >= 4 is 15.8 Å². The van der Waals surface area contributed by atoms with Gasteiger partial charge in [0.1, 0.15) is 0 Å². The van der Waals surface area contributed by atoms with Crippen LogP contribution in [-0.4, -0.2) is 20.2 Å². The van der Waals surface area contributed by atoms with Crippen molar-refractivity contribution in [1.82, 2.24) is 4.72 Å². The van der Waals surface area contributed by atoms with Crippen LogP contribution in [0, 0.1) is 5.41 Å². The number of hydrogen-bond acceptors (Lipinski definition) is 3. The van der Waals surface area contributed by atoms with E-state index in [9.17, 15) is 13.2 Å². The highest BCUT2D eigenvalue weighted by Gasteiger charge is 2.47. The van der Waals surface area contributed by atoms with Crippen molar-refractivity contribution in [2.24, 2.45) is 5.41 Å². The molecule has 0 radical (unpaired) electrons. The molecule has 18 heavy (non-hydrogen) atoms. The van der Waals surface area contributed by atoms with Crippen molar-refractivity contribution in [2.75, 3.05) is 0 Å². The molecule has 4 nitrogen and oxygen atoms in total. The molecule has 1 atom stereocenters. The third-order valence-corrected chi connectivity index (χ3v) is 4.83. The summed E-state index contributed by atoms with van der Waals surface area (Å²) in [4.78, 5) is 11.4. The van der Waals surface area contributed by atoms with Gasteiger partial charge in [-0.25, -0.2) is 13.1 Å². The number of sulfonamides is 1. The highest BCUT2D eigenvalue weighted by Crippen LogP contribution is 2.45. The van der Waals surface area contributed by atoms with E-state index in [2.05, 4.69) is 4.72 Å². The molecule has 0 saturated heterocycles. The average molecular weight is 267 g/mol. The van der Waals surface area contributed by atoms with Gasteiger partial charge in [-0.2, -0.15) is 0 Å². The number of nitrogens with one attached hydrogen (secondary N) is 1. The normalized spacial score (nSPS) is 21.6. The fourth-order valence-corrected chi connectivity index (χ4v) is 3.26. The first kappa shape index (κ1) is 13.2. The van der Waals surface area contributed by atoms with Gasteiger partial charge in [0, 0.05) is 11.6 Å². The molecule has 98 valence electrons. The molecule has 1 unspecified atom stereocenters. The van der Waals surface area contributed by atoms with E-state index in [1.807, 2.05) is 13.8 Å². The Kier molecular flexibility index (Phi) is 3.07. The second-order valence-electron chi connectivity index (χ2n) is 5.45. The number of ketones is 1. The fourth-order valence-electron chi connectivity index (χ4n) is 1.81. The summed E-state index contributed by atoms with van der Waals surface area (Å²) in [6, 6.07) is 6.11. The molecule has 1 aromatic carbocycles. The maximum Gasteiger partial charge on any atom is 0.240 e. The van der Waals surface area contributed by atoms with Gasteiger partial charge in [-0.3, -0.25) is 4.79 Å². The molecule has 1 saturated carbocycles. The summed E-state index contributed by atoms with van der Waals surface area (Å²) < 4.78 is 26.9. The minimum Gasteiger partial charge on any atom is -0.295 e. The molecule has 1 N–H and O–H groups in total. The monoisotopic (exact) mass is 267 g/mol. The quantitative estimate of drug-likeness (QED) is 0.848. The summed E-state index contributed by atoms with van der Waals surface area (Å²) in [5.41, 5.74) is 0.443. The van der Waals surface area contributed by atoms with E-state index in [1.54, 1.807) is 12.1 Å². The molecular formula is C13H17NO3S. The maximum absolute atomic E-state index is 12.1. The molecule has 0 aliphatic heterocycles. The lowest BCUT2D eigenvalue weighted by Gasteiger charge is -2.08. The van der Waals surface area contributed by atoms with Gasteiger partial charge in [0.25, 0.3) is 0 Å². The first-order valence-corrected chi connectivity index (χ1v) is 7.34. The summed E-state index contributed by atoms with van der Waals surface area (Å²) >= 11 is 0. The van der Waals surface area contributed by atoms with Crippen LogP contribution in [0.4, 0.5) is 0 Å². The Labute approximate surface area is 107 Å². The highest BCUT2D eigenvalue weighted by atomic mass is 32.2. The van der Waals surface area contributed by atoms with Crippen LogP contribution < -0.4 is 4.72 Å². The first-order chi connectivity index (χ1) is 8.22. The van der Waals surface area contributed by atoms with E-state index in [4.69, 9.17) is 0 Å². The Morgan fingerprint density at radius 3 is 2.50 bits per heavy atom.